The zero-order valence-electron chi connectivity index (χ0n) is 5.93. The van der Waals surface area contributed by atoms with Crippen LogP contribution in [0.5, 0.6) is 5.75 Å². The van der Waals surface area contributed by atoms with Gasteiger partial charge in [-0.05, 0) is 18.2 Å². The number of rotatable bonds is 1. The van der Waals surface area contributed by atoms with Crippen LogP contribution in [0.3, 0.4) is 0 Å². The van der Waals surface area contributed by atoms with E-state index in [1.807, 2.05) is 0 Å². The molecule has 0 aromatic heterocycles. The summed E-state index contributed by atoms with van der Waals surface area (Å²) in [6.07, 6.45) is 0. The quantitative estimate of drug-likeness (QED) is 0.498. The molecule has 3 N–H and O–H groups in total. The molecule has 0 atom stereocenters. The predicted octanol–water partition coefficient (Wildman–Crippen LogP) is 0.669. The van der Waals surface area contributed by atoms with E-state index in [1.54, 1.807) is 0 Å². The summed E-state index contributed by atoms with van der Waals surface area (Å²) in [4.78, 5) is 0. The van der Waals surface area contributed by atoms with Crippen molar-refractivity contribution in [2.75, 3.05) is 5.73 Å². The minimum atomic E-state index is -2.49. The molecule has 1 aromatic carbocycles. The lowest BCUT2D eigenvalue weighted by Crippen LogP contribution is -1.83. The van der Waals surface area contributed by atoms with Gasteiger partial charge in [0, 0.05) is 0 Å². The molecule has 0 aliphatic carbocycles. The lowest BCUT2D eigenvalue weighted by atomic mass is 10.3. The first-order valence-electron chi connectivity index (χ1n) is 2.99. The number of phenols is 1. The molecule has 64 valence electrons. The minimum absolute atomic E-state index is 0.0920. The maximum atomic E-state index is 10.1. The Morgan fingerprint density at radius 3 is 2.58 bits per heavy atom. The van der Waals surface area contributed by atoms with Crippen LogP contribution in [0.1, 0.15) is 0 Å². The molecule has 12 heavy (non-hydrogen) atoms. The van der Waals surface area contributed by atoms with Gasteiger partial charge in [0.15, 0.2) is 0 Å². The van der Waals surface area contributed by atoms with E-state index in [0.717, 1.165) is 0 Å². The van der Waals surface area contributed by atoms with Gasteiger partial charge in [-0.15, -0.1) is 4.36 Å². The summed E-state index contributed by atoms with van der Waals surface area (Å²) in [5.41, 5.74) is 5.58. The average Bonchev–Trinajstić information content (AvgIpc) is 1.96. The van der Waals surface area contributed by atoms with Gasteiger partial charge in [-0.3, -0.25) is 0 Å². The molecule has 0 heterocycles. The first-order chi connectivity index (χ1) is 5.59. The summed E-state index contributed by atoms with van der Waals surface area (Å²) in [5, 5.41) is 8.96. The number of benzene rings is 1. The van der Waals surface area contributed by atoms with Crippen molar-refractivity contribution in [3.63, 3.8) is 0 Å². The fourth-order valence-corrected chi connectivity index (χ4v) is 0.970. The summed E-state index contributed by atoms with van der Waals surface area (Å²) in [7, 11) is -2.49. The van der Waals surface area contributed by atoms with Crippen LogP contribution in [0.15, 0.2) is 22.6 Å². The molecule has 6 heteroatoms. The minimum Gasteiger partial charge on any atom is -0.506 e. The van der Waals surface area contributed by atoms with E-state index in [0.29, 0.717) is 0 Å². The Bertz CT molecular complexity index is 416. The second-order valence-corrected chi connectivity index (χ2v) is 2.67. The average molecular weight is 186 g/mol. The highest BCUT2D eigenvalue weighted by molar-refractivity contribution is 7.61. The maximum absolute atomic E-state index is 10.1. The van der Waals surface area contributed by atoms with Crippen molar-refractivity contribution >= 4 is 21.9 Å². The molecular weight excluding hydrogens is 180 g/mol. The molecule has 1 aromatic rings. The van der Waals surface area contributed by atoms with Gasteiger partial charge in [-0.25, -0.2) is 0 Å². The van der Waals surface area contributed by atoms with Crippen LogP contribution in [-0.4, -0.2) is 13.5 Å². The van der Waals surface area contributed by atoms with Crippen LogP contribution < -0.4 is 5.73 Å². The van der Waals surface area contributed by atoms with E-state index < -0.39 is 10.5 Å². The van der Waals surface area contributed by atoms with Crippen LogP contribution >= 0.6 is 0 Å². The first kappa shape index (κ1) is 8.54. The molecular formula is C6H6N2O3S. The zero-order valence-corrected chi connectivity index (χ0v) is 6.75. The number of nitrogens with zero attached hydrogens (tertiary/aromatic N) is 1. The number of nitrogens with two attached hydrogens (primary N) is 1. The summed E-state index contributed by atoms with van der Waals surface area (Å²) in [6, 6.07) is 3.90. The highest BCUT2D eigenvalue weighted by Crippen LogP contribution is 2.24. The number of hydrogen-bond acceptors (Lipinski definition) is 5. The van der Waals surface area contributed by atoms with Gasteiger partial charge in [-0.1, -0.05) is 0 Å². The van der Waals surface area contributed by atoms with Gasteiger partial charge >= 0.3 is 10.5 Å². The van der Waals surface area contributed by atoms with Crippen molar-refractivity contribution in [2.45, 2.75) is 0 Å². The van der Waals surface area contributed by atoms with E-state index in [1.165, 1.54) is 18.2 Å². The van der Waals surface area contributed by atoms with Crippen molar-refractivity contribution in [2.24, 2.45) is 4.36 Å². The summed E-state index contributed by atoms with van der Waals surface area (Å²) in [5.74, 6) is -0.0920. The summed E-state index contributed by atoms with van der Waals surface area (Å²) in [6.45, 7) is 0. The maximum Gasteiger partial charge on any atom is 0.316 e. The second-order valence-electron chi connectivity index (χ2n) is 2.05. The van der Waals surface area contributed by atoms with Crippen molar-refractivity contribution in [1.29, 1.82) is 0 Å². The lowest BCUT2D eigenvalue weighted by molar-refractivity contribution is 0.478. The molecule has 0 unspecified atom stereocenters. The molecule has 0 aliphatic heterocycles. The lowest BCUT2D eigenvalue weighted by Gasteiger charge is -1.96. The van der Waals surface area contributed by atoms with E-state index in [2.05, 4.69) is 4.36 Å². The highest BCUT2D eigenvalue weighted by Gasteiger charge is 1.96. The van der Waals surface area contributed by atoms with Crippen molar-refractivity contribution < 1.29 is 13.5 Å². The van der Waals surface area contributed by atoms with Gasteiger partial charge in [-0.2, -0.15) is 8.42 Å². The normalized spacial score (nSPS) is 9.33. The van der Waals surface area contributed by atoms with Crippen LogP contribution in [0.2, 0.25) is 0 Å². The molecule has 0 spiro atoms. The van der Waals surface area contributed by atoms with E-state index in [4.69, 9.17) is 10.8 Å². The van der Waals surface area contributed by atoms with Crippen molar-refractivity contribution in [3.8, 4) is 5.75 Å². The summed E-state index contributed by atoms with van der Waals surface area (Å²) < 4.78 is 23.4. The Morgan fingerprint density at radius 2 is 2.08 bits per heavy atom. The van der Waals surface area contributed by atoms with Crippen molar-refractivity contribution in [1.82, 2.24) is 0 Å². The molecule has 0 aliphatic rings. The van der Waals surface area contributed by atoms with E-state index >= 15 is 0 Å². The number of aromatic hydroxyl groups is 1. The van der Waals surface area contributed by atoms with Gasteiger partial charge in [0.25, 0.3) is 0 Å². The number of phenolic OH excluding ortho intramolecular Hbond substituents is 1. The Balaban J connectivity index is 3.23. The molecule has 0 fully saturated rings. The molecule has 0 saturated carbocycles. The standard InChI is InChI=1S/C6H6N2O3S/c7-5-3-4(8-12(10)11)1-2-6(5)9/h1-3,9H,7H2. The van der Waals surface area contributed by atoms with Crippen molar-refractivity contribution in [3.05, 3.63) is 18.2 Å². The third kappa shape index (κ3) is 1.96. The van der Waals surface area contributed by atoms with E-state index in [-0.39, 0.29) is 17.1 Å². The number of hydrogen-bond donors (Lipinski definition) is 2. The first-order valence-corrected chi connectivity index (χ1v) is 4.02. The molecule has 0 radical (unpaired) electrons. The Morgan fingerprint density at radius 1 is 1.42 bits per heavy atom. The monoisotopic (exact) mass is 186 g/mol. The number of nitrogen functional groups attached to an aromatic ring is 1. The van der Waals surface area contributed by atoms with Gasteiger partial charge in [0.1, 0.15) is 5.75 Å². The van der Waals surface area contributed by atoms with Crippen LogP contribution in [0, 0.1) is 0 Å². The van der Waals surface area contributed by atoms with E-state index in [9.17, 15) is 8.42 Å². The second kappa shape index (κ2) is 3.22. The predicted molar refractivity (Wildman–Crippen MR) is 43.5 cm³/mol. The van der Waals surface area contributed by atoms with Crippen LogP contribution in [0.4, 0.5) is 11.4 Å². The molecule has 0 bridgehead atoms. The number of anilines is 1. The molecule has 1 rings (SSSR count). The fourth-order valence-electron chi connectivity index (χ4n) is 0.685. The third-order valence-corrected chi connectivity index (χ3v) is 1.55. The van der Waals surface area contributed by atoms with Gasteiger partial charge < -0.3 is 10.8 Å². The van der Waals surface area contributed by atoms with Crippen LogP contribution in [-0.2, 0) is 10.5 Å². The Hall–Kier alpha value is -1.56. The zero-order chi connectivity index (χ0) is 9.14. The smallest absolute Gasteiger partial charge is 0.316 e. The Labute approximate surface area is 70.2 Å². The Kier molecular flexibility index (Phi) is 2.29. The van der Waals surface area contributed by atoms with Crippen LogP contribution in [0.25, 0.3) is 0 Å². The SMILES string of the molecule is Nc1cc(N=S(=O)=O)ccc1O. The summed E-state index contributed by atoms with van der Waals surface area (Å²) >= 11 is 0. The molecule has 0 amide bonds. The van der Waals surface area contributed by atoms with Gasteiger partial charge in [0.05, 0.1) is 11.4 Å². The molecule has 0 saturated heterocycles. The topological polar surface area (TPSA) is 92.8 Å². The van der Waals surface area contributed by atoms with Gasteiger partial charge in [0.2, 0.25) is 0 Å². The molecule has 5 nitrogen and oxygen atoms in total. The largest absolute Gasteiger partial charge is 0.506 e. The highest BCUT2D eigenvalue weighted by atomic mass is 32.2. The third-order valence-electron chi connectivity index (χ3n) is 1.19. The fraction of sp³-hybridized carbons (Fsp3) is 0.